The van der Waals surface area contributed by atoms with Crippen LogP contribution in [0.3, 0.4) is 0 Å². The molecule has 3 heteroatoms. The molecule has 0 saturated carbocycles. The van der Waals surface area contributed by atoms with Crippen molar-refractivity contribution in [2.45, 2.75) is 44.6 Å². The lowest BCUT2D eigenvalue weighted by Gasteiger charge is -2.08. The summed E-state index contributed by atoms with van der Waals surface area (Å²) >= 11 is 0. The van der Waals surface area contributed by atoms with Crippen LogP contribution in [0, 0.1) is 0 Å². The van der Waals surface area contributed by atoms with Gasteiger partial charge >= 0.3 is 0 Å². The number of hydrogen-bond donors (Lipinski definition) is 1. The number of hydrogen-bond acceptors (Lipinski definition) is 3. The molecule has 0 radical (unpaired) electrons. The Hall–Kier alpha value is -1.35. The van der Waals surface area contributed by atoms with E-state index in [1.807, 2.05) is 24.3 Å². The number of nitrogens with two attached hydrogens (primary N) is 1. The quantitative estimate of drug-likeness (QED) is 0.786. The van der Waals surface area contributed by atoms with E-state index >= 15 is 0 Å². The van der Waals surface area contributed by atoms with E-state index in [1.54, 1.807) is 0 Å². The third-order valence-corrected chi connectivity index (χ3v) is 3.39. The van der Waals surface area contributed by atoms with Crippen molar-refractivity contribution in [1.82, 2.24) is 0 Å². The molecule has 1 unspecified atom stereocenters. The van der Waals surface area contributed by atoms with Gasteiger partial charge in [-0.2, -0.15) is 0 Å². The minimum absolute atomic E-state index is 0.303. The van der Waals surface area contributed by atoms with Crippen LogP contribution in [0.4, 0.5) is 5.69 Å². The van der Waals surface area contributed by atoms with Crippen LogP contribution in [0.15, 0.2) is 24.3 Å². The number of anilines is 1. The van der Waals surface area contributed by atoms with Crippen LogP contribution >= 0.6 is 0 Å². The molecule has 1 fully saturated rings. The zero-order valence-corrected chi connectivity index (χ0v) is 10.7. The summed E-state index contributed by atoms with van der Waals surface area (Å²) in [6.07, 6.45) is 5.87. The summed E-state index contributed by atoms with van der Waals surface area (Å²) in [6.45, 7) is 0.893. The number of benzene rings is 1. The lowest BCUT2D eigenvalue weighted by atomic mass is 10.0. The molecular formula is C15H21NO2. The van der Waals surface area contributed by atoms with E-state index < -0.39 is 0 Å². The molecule has 1 aromatic carbocycles. The molecular weight excluding hydrogens is 226 g/mol. The van der Waals surface area contributed by atoms with Gasteiger partial charge in [-0.3, -0.25) is 4.79 Å². The van der Waals surface area contributed by atoms with Gasteiger partial charge in [0.15, 0.2) is 0 Å². The first-order valence-corrected chi connectivity index (χ1v) is 6.72. The SMILES string of the molecule is Nc1ccc(CC(=O)CCCC2CCCO2)cc1. The molecule has 0 spiro atoms. The molecule has 1 heterocycles. The molecule has 1 aliphatic heterocycles. The van der Waals surface area contributed by atoms with Crippen molar-refractivity contribution in [1.29, 1.82) is 0 Å². The van der Waals surface area contributed by atoms with Crippen molar-refractivity contribution in [3.05, 3.63) is 29.8 Å². The number of nitrogen functional groups attached to an aromatic ring is 1. The maximum absolute atomic E-state index is 11.8. The average molecular weight is 247 g/mol. The molecule has 0 aliphatic carbocycles. The summed E-state index contributed by atoms with van der Waals surface area (Å²) in [6, 6.07) is 7.53. The molecule has 0 bridgehead atoms. The van der Waals surface area contributed by atoms with Crippen molar-refractivity contribution < 1.29 is 9.53 Å². The zero-order valence-electron chi connectivity index (χ0n) is 10.7. The molecule has 0 amide bonds. The summed E-state index contributed by atoms with van der Waals surface area (Å²) in [4.78, 5) is 11.8. The molecule has 2 N–H and O–H groups in total. The molecule has 98 valence electrons. The Morgan fingerprint density at radius 2 is 2.11 bits per heavy atom. The maximum atomic E-state index is 11.8. The average Bonchev–Trinajstić information content (AvgIpc) is 2.85. The van der Waals surface area contributed by atoms with E-state index in [0.717, 1.165) is 37.1 Å². The molecule has 2 rings (SSSR count). The van der Waals surface area contributed by atoms with Gasteiger partial charge in [0.25, 0.3) is 0 Å². The van der Waals surface area contributed by atoms with Gasteiger partial charge in [-0.25, -0.2) is 0 Å². The first-order valence-electron chi connectivity index (χ1n) is 6.72. The Morgan fingerprint density at radius 1 is 1.33 bits per heavy atom. The van der Waals surface area contributed by atoms with Crippen molar-refractivity contribution in [2.75, 3.05) is 12.3 Å². The first kappa shape index (κ1) is 13.1. The van der Waals surface area contributed by atoms with E-state index in [2.05, 4.69) is 0 Å². The van der Waals surface area contributed by atoms with Crippen LogP contribution < -0.4 is 5.73 Å². The smallest absolute Gasteiger partial charge is 0.137 e. The molecule has 1 saturated heterocycles. The minimum Gasteiger partial charge on any atom is -0.399 e. The predicted octanol–water partition coefficient (Wildman–Crippen LogP) is 2.73. The number of rotatable bonds is 6. The second-order valence-corrected chi connectivity index (χ2v) is 4.98. The van der Waals surface area contributed by atoms with Crippen LogP contribution in [0.1, 0.15) is 37.7 Å². The fourth-order valence-corrected chi connectivity index (χ4v) is 2.35. The normalized spacial score (nSPS) is 19.0. The Morgan fingerprint density at radius 3 is 2.78 bits per heavy atom. The van der Waals surface area contributed by atoms with E-state index in [0.29, 0.717) is 24.7 Å². The molecule has 3 nitrogen and oxygen atoms in total. The Balaban J connectivity index is 1.66. The van der Waals surface area contributed by atoms with Gasteiger partial charge in [0.2, 0.25) is 0 Å². The zero-order chi connectivity index (χ0) is 12.8. The van der Waals surface area contributed by atoms with Crippen LogP contribution in [0.2, 0.25) is 0 Å². The minimum atomic E-state index is 0.303. The number of ether oxygens (including phenoxy) is 1. The molecule has 1 aromatic rings. The van der Waals surface area contributed by atoms with Crippen LogP contribution in [0.25, 0.3) is 0 Å². The highest BCUT2D eigenvalue weighted by Crippen LogP contribution is 2.18. The summed E-state index contributed by atoms with van der Waals surface area (Å²) in [5.74, 6) is 0.303. The van der Waals surface area contributed by atoms with Gasteiger partial charge in [-0.15, -0.1) is 0 Å². The van der Waals surface area contributed by atoms with E-state index in [9.17, 15) is 4.79 Å². The van der Waals surface area contributed by atoms with Gasteiger partial charge in [0.05, 0.1) is 6.10 Å². The first-order chi connectivity index (χ1) is 8.74. The monoisotopic (exact) mass is 247 g/mol. The van der Waals surface area contributed by atoms with Crippen LogP contribution in [0.5, 0.6) is 0 Å². The highest BCUT2D eigenvalue weighted by atomic mass is 16.5. The van der Waals surface area contributed by atoms with Crippen molar-refractivity contribution in [3.63, 3.8) is 0 Å². The fraction of sp³-hybridized carbons (Fsp3) is 0.533. The third kappa shape index (κ3) is 4.15. The van der Waals surface area contributed by atoms with Crippen LogP contribution in [-0.4, -0.2) is 18.5 Å². The largest absolute Gasteiger partial charge is 0.399 e. The highest BCUT2D eigenvalue weighted by molar-refractivity contribution is 5.80. The standard InChI is InChI=1S/C15H21NO2/c16-13-8-6-12(7-9-13)11-14(17)3-1-4-15-5-2-10-18-15/h6-9,15H,1-5,10-11,16H2. The summed E-state index contributed by atoms with van der Waals surface area (Å²) < 4.78 is 5.54. The summed E-state index contributed by atoms with van der Waals surface area (Å²) in [7, 11) is 0. The molecule has 1 atom stereocenters. The maximum Gasteiger partial charge on any atom is 0.137 e. The Labute approximate surface area is 108 Å². The third-order valence-electron chi connectivity index (χ3n) is 3.39. The van der Waals surface area contributed by atoms with Crippen molar-refractivity contribution >= 4 is 11.5 Å². The number of Topliss-reactive ketones (excluding diaryl/α,β-unsaturated/α-hetero) is 1. The van der Waals surface area contributed by atoms with E-state index in [-0.39, 0.29) is 0 Å². The van der Waals surface area contributed by atoms with Crippen molar-refractivity contribution in [3.8, 4) is 0 Å². The topological polar surface area (TPSA) is 52.3 Å². The second-order valence-electron chi connectivity index (χ2n) is 4.98. The van der Waals surface area contributed by atoms with Gasteiger partial charge in [-0.1, -0.05) is 12.1 Å². The molecule has 18 heavy (non-hydrogen) atoms. The summed E-state index contributed by atoms with van der Waals surface area (Å²) in [5.41, 5.74) is 7.40. The van der Waals surface area contributed by atoms with Gasteiger partial charge in [0, 0.05) is 25.1 Å². The van der Waals surface area contributed by atoms with Crippen LogP contribution in [-0.2, 0) is 16.0 Å². The predicted molar refractivity (Wildman–Crippen MR) is 72.4 cm³/mol. The molecule has 1 aliphatic rings. The van der Waals surface area contributed by atoms with Gasteiger partial charge in [-0.05, 0) is 43.4 Å². The van der Waals surface area contributed by atoms with Gasteiger partial charge < -0.3 is 10.5 Å². The second kappa shape index (κ2) is 6.55. The van der Waals surface area contributed by atoms with Crippen molar-refractivity contribution in [2.24, 2.45) is 0 Å². The highest BCUT2D eigenvalue weighted by Gasteiger charge is 2.15. The number of carbonyl (C=O) groups is 1. The Kier molecular flexibility index (Phi) is 4.76. The Bertz CT molecular complexity index is 380. The lowest BCUT2D eigenvalue weighted by Crippen LogP contribution is -2.07. The van der Waals surface area contributed by atoms with E-state index in [1.165, 1.54) is 6.42 Å². The number of carbonyl (C=O) groups excluding carboxylic acids is 1. The molecule has 0 aromatic heterocycles. The van der Waals surface area contributed by atoms with Gasteiger partial charge in [0.1, 0.15) is 5.78 Å². The van der Waals surface area contributed by atoms with E-state index in [4.69, 9.17) is 10.5 Å². The fourth-order valence-electron chi connectivity index (χ4n) is 2.35. The number of ketones is 1. The lowest BCUT2D eigenvalue weighted by molar-refractivity contribution is -0.118. The summed E-state index contributed by atoms with van der Waals surface area (Å²) in [5, 5.41) is 0.